The second-order valence-corrected chi connectivity index (χ2v) is 16.1. The van der Waals surface area contributed by atoms with Gasteiger partial charge >= 0.3 is 30.7 Å². The van der Waals surface area contributed by atoms with Crippen LogP contribution in [0.2, 0.25) is 0 Å². The molecule has 2 aromatic heterocycles. The molecular formula is C34H42F12N4O3S2. The Labute approximate surface area is 317 Å². The number of piperidine rings is 2. The van der Waals surface area contributed by atoms with Crippen molar-refractivity contribution in [2.24, 2.45) is 23.7 Å². The molecule has 0 bridgehead atoms. The summed E-state index contributed by atoms with van der Waals surface area (Å²) in [5.41, 5.74) is 0.159. The minimum absolute atomic E-state index is 0.0204. The van der Waals surface area contributed by atoms with Crippen molar-refractivity contribution in [1.29, 1.82) is 0 Å². The minimum Gasteiger partial charge on any atom is -0.476 e. The number of nitrogens with zero attached hydrogens (tertiary/aromatic N) is 3. The zero-order chi connectivity index (χ0) is 40.8. The van der Waals surface area contributed by atoms with Gasteiger partial charge in [-0.05, 0) is 90.1 Å². The molecule has 2 saturated carbocycles. The van der Waals surface area contributed by atoms with Crippen molar-refractivity contribution in [2.75, 3.05) is 26.2 Å². The van der Waals surface area contributed by atoms with Gasteiger partial charge < -0.3 is 15.3 Å². The van der Waals surface area contributed by atoms with Gasteiger partial charge in [-0.1, -0.05) is 0 Å². The van der Waals surface area contributed by atoms with E-state index in [1.165, 1.54) is 33.0 Å². The molecule has 0 atom stereocenters. The molecule has 0 radical (unpaired) electrons. The van der Waals surface area contributed by atoms with E-state index < -0.39 is 60.3 Å². The van der Waals surface area contributed by atoms with E-state index in [1.54, 1.807) is 5.38 Å². The SMILES string of the molecule is FC(F)(F)C1CCNCC1.O=C(O)c1csc(C2CCC(C(F)(F)F)CC2)n1.O=C(c1csc(C2CCC(C(F)(F)F)CC2)n1)N1CCC(C(F)(F)F)CC1. The summed E-state index contributed by atoms with van der Waals surface area (Å²) in [6, 6.07) is 0. The molecule has 7 nitrogen and oxygen atoms in total. The Kier molecular flexibility index (Phi) is 15.3. The average Bonchev–Trinajstić information content (AvgIpc) is 3.83. The second-order valence-electron chi connectivity index (χ2n) is 14.3. The molecule has 55 heavy (non-hydrogen) atoms. The standard InChI is InChI=1S/C17H20F6N2OS.C11H12F3NO2S.C6H10F3N/c18-16(19,20)11-3-1-10(2-4-11)14-24-13(9-27-14)15(26)25-7-5-12(6-8-25)17(21,22)23;12-11(13,14)7-3-1-6(2-4-7)9-15-8(5-18-9)10(16)17;7-6(8,9)5-1-3-10-4-2-5/h9-12H,1-8H2;5-7H,1-4H2,(H,16,17);5,10H,1-4H2. The van der Waals surface area contributed by atoms with E-state index in [9.17, 15) is 62.3 Å². The summed E-state index contributed by atoms with van der Waals surface area (Å²) < 4.78 is 150. The number of carbonyl (C=O) groups is 2. The van der Waals surface area contributed by atoms with E-state index in [2.05, 4.69) is 15.3 Å². The predicted molar refractivity (Wildman–Crippen MR) is 179 cm³/mol. The molecule has 1 amide bonds. The van der Waals surface area contributed by atoms with Gasteiger partial charge in [0.2, 0.25) is 0 Å². The fraction of sp³-hybridized carbons (Fsp3) is 0.765. The number of halogens is 12. The topological polar surface area (TPSA) is 95.4 Å². The van der Waals surface area contributed by atoms with Gasteiger partial charge in [0.05, 0.1) is 33.7 Å². The van der Waals surface area contributed by atoms with Gasteiger partial charge in [0.25, 0.3) is 5.91 Å². The Morgan fingerprint density at radius 3 is 1.25 bits per heavy atom. The first kappa shape index (κ1) is 45.0. The van der Waals surface area contributed by atoms with Gasteiger partial charge in [0.15, 0.2) is 5.69 Å². The molecule has 4 fully saturated rings. The Morgan fingerprint density at radius 2 is 0.909 bits per heavy atom. The van der Waals surface area contributed by atoms with Crippen LogP contribution >= 0.6 is 22.7 Å². The third-order valence-electron chi connectivity index (χ3n) is 10.6. The van der Waals surface area contributed by atoms with Crippen LogP contribution in [0.3, 0.4) is 0 Å². The van der Waals surface area contributed by atoms with Crippen LogP contribution in [0.1, 0.15) is 120 Å². The molecular weight excluding hydrogens is 805 g/mol. The molecule has 2 N–H and O–H groups in total. The quantitative estimate of drug-likeness (QED) is 0.298. The van der Waals surface area contributed by atoms with Crippen molar-refractivity contribution in [3.8, 4) is 0 Å². The molecule has 21 heteroatoms. The molecule has 4 heterocycles. The van der Waals surface area contributed by atoms with Crippen molar-refractivity contribution in [1.82, 2.24) is 20.2 Å². The van der Waals surface area contributed by atoms with Crippen LogP contribution < -0.4 is 5.32 Å². The number of aromatic nitrogens is 2. The number of carboxylic acid groups (broad SMARTS) is 1. The van der Waals surface area contributed by atoms with Crippen LogP contribution in [0.25, 0.3) is 0 Å². The zero-order valence-corrected chi connectivity index (χ0v) is 31.0. The highest BCUT2D eigenvalue weighted by Crippen LogP contribution is 2.45. The molecule has 6 rings (SSSR count). The number of amides is 1. The number of carboxylic acids is 1. The lowest BCUT2D eigenvalue weighted by atomic mass is 9.82. The smallest absolute Gasteiger partial charge is 0.391 e. The summed E-state index contributed by atoms with van der Waals surface area (Å²) in [5.74, 6) is -6.54. The number of hydrogen-bond donors (Lipinski definition) is 2. The molecule has 2 aromatic rings. The van der Waals surface area contributed by atoms with E-state index >= 15 is 0 Å². The van der Waals surface area contributed by atoms with Crippen molar-refractivity contribution in [3.63, 3.8) is 0 Å². The molecule has 2 aliphatic carbocycles. The van der Waals surface area contributed by atoms with Gasteiger partial charge in [-0.3, -0.25) is 4.79 Å². The Bertz CT molecular complexity index is 1510. The highest BCUT2D eigenvalue weighted by molar-refractivity contribution is 7.10. The van der Waals surface area contributed by atoms with Gasteiger partial charge in [-0.25, -0.2) is 14.8 Å². The number of likely N-dealkylation sites (tertiary alicyclic amines) is 1. The van der Waals surface area contributed by atoms with Gasteiger partial charge in [-0.15, -0.1) is 22.7 Å². The second kappa shape index (κ2) is 18.7. The first-order chi connectivity index (χ1) is 25.5. The first-order valence-electron chi connectivity index (χ1n) is 17.9. The van der Waals surface area contributed by atoms with Crippen LogP contribution in [0.15, 0.2) is 10.8 Å². The summed E-state index contributed by atoms with van der Waals surface area (Å²) in [5, 5.41) is 15.9. The average molecular weight is 847 g/mol. The summed E-state index contributed by atoms with van der Waals surface area (Å²) >= 11 is 2.46. The number of carbonyl (C=O) groups excluding carboxylic acids is 1. The lowest BCUT2D eigenvalue weighted by Crippen LogP contribution is -2.42. The van der Waals surface area contributed by atoms with Crippen LogP contribution in [0.4, 0.5) is 52.7 Å². The van der Waals surface area contributed by atoms with Crippen molar-refractivity contribution in [2.45, 2.75) is 114 Å². The summed E-state index contributed by atoms with van der Waals surface area (Å²) in [6.07, 6.45) is -14.3. The highest BCUT2D eigenvalue weighted by atomic mass is 32.1. The third-order valence-corrected chi connectivity index (χ3v) is 12.6. The van der Waals surface area contributed by atoms with Crippen molar-refractivity contribution < 1.29 is 67.4 Å². The number of aromatic carboxylic acids is 1. The molecule has 2 saturated heterocycles. The van der Waals surface area contributed by atoms with Crippen LogP contribution in [-0.2, 0) is 0 Å². The Balaban J connectivity index is 0.000000205. The van der Waals surface area contributed by atoms with Gasteiger partial charge in [0.1, 0.15) is 5.69 Å². The highest BCUT2D eigenvalue weighted by Gasteiger charge is 2.44. The summed E-state index contributed by atoms with van der Waals surface area (Å²) in [7, 11) is 0. The van der Waals surface area contributed by atoms with E-state index in [-0.39, 0.29) is 87.7 Å². The third kappa shape index (κ3) is 13.2. The number of thiazole rings is 2. The van der Waals surface area contributed by atoms with Gasteiger partial charge in [0, 0.05) is 35.7 Å². The van der Waals surface area contributed by atoms with Crippen molar-refractivity contribution >= 4 is 34.6 Å². The van der Waals surface area contributed by atoms with Gasteiger partial charge in [-0.2, -0.15) is 52.7 Å². The van der Waals surface area contributed by atoms with E-state index in [1.807, 2.05) is 0 Å². The maximum atomic E-state index is 12.8. The number of rotatable bonds is 4. The van der Waals surface area contributed by atoms with Crippen LogP contribution in [0, 0.1) is 23.7 Å². The fourth-order valence-electron chi connectivity index (χ4n) is 7.20. The lowest BCUT2D eigenvalue weighted by Gasteiger charge is -2.32. The summed E-state index contributed by atoms with van der Waals surface area (Å²) in [4.78, 5) is 32.8. The molecule has 0 unspecified atom stereocenters. The Hall–Kier alpha value is -2.68. The number of nitrogens with one attached hydrogen (secondary N) is 1. The first-order valence-corrected chi connectivity index (χ1v) is 19.7. The monoisotopic (exact) mass is 846 g/mol. The largest absolute Gasteiger partial charge is 0.476 e. The fourth-order valence-corrected chi connectivity index (χ4v) is 9.13. The summed E-state index contributed by atoms with van der Waals surface area (Å²) in [6.45, 7) is 1.08. The maximum Gasteiger partial charge on any atom is 0.391 e. The minimum atomic E-state index is -4.24. The molecule has 2 aliphatic heterocycles. The van der Waals surface area contributed by atoms with Crippen molar-refractivity contribution in [3.05, 3.63) is 32.2 Å². The predicted octanol–water partition coefficient (Wildman–Crippen LogP) is 10.6. The molecule has 4 aliphatic rings. The molecule has 312 valence electrons. The van der Waals surface area contributed by atoms with Crippen LogP contribution in [-0.4, -0.2) is 82.7 Å². The normalized spacial score (nSPS) is 25.0. The van der Waals surface area contributed by atoms with E-state index in [4.69, 9.17) is 5.11 Å². The number of alkyl halides is 12. The lowest BCUT2D eigenvalue weighted by molar-refractivity contribution is -0.184. The molecule has 0 spiro atoms. The van der Waals surface area contributed by atoms with Crippen LogP contribution in [0.5, 0.6) is 0 Å². The molecule has 0 aromatic carbocycles. The maximum absolute atomic E-state index is 12.8. The zero-order valence-electron chi connectivity index (χ0n) is 29.4. The van der Waals surface area contributed by atoms with E-state index in [0.717, 1.165) is 0 Å². The number of hydrogen-bond acceptors (Lipinski definition) is 7. The van der Waals surface area contributed by atoms with E-state index in [0.29, 0.717) is 48.8 Å². The Morgan fingerprint density at radius 1 is 0.564 bits per heavy atom.